The van der Waals surface area contributed by atoms with Crippen molar-refractivity contribution in [2.75, 3.05) is 18.0 Å². The molecule has 0 saturated carbocycles. The zero-order valence-electron chi connectivity index (χ0n) is 16.9. The highest BCUT2D eigenvalue weighted by molar-refractivity contribution is 5.81. The van der Waals surface area contributed by atoms with E-state index in [-0.39, 0.29) is 5.63 Å². The van der Waals surface area contributed by atoms with E-state index in [2.05, 4.69) is 46.1 Å². The number of hydrogen-bond donors (Lipinski definition) is 0. The van der Waals surface area contributed by atoms with Crippen LogP contribution < -0.4 is 15.1 Å². The van der Waals surface area contributed by atoms with Crippen LogP contribution >= 0.6 is 0 Å². The molecule has 0 amide bonds. The van der Waals surface area contributed by atoms with E-state index in [4.69, 9.17) is 4.42 Å². The van der Waals surface area contributed by atoms with Crippen molar-refractivity contribution < 1.29 is 8.98 Å². The summed E-state index contributed by atoms with van der Waals surface area (Å²) in [5.74, 6) is 1.06. The summed E-state index contributed by atoms with van der Waals surface area (Å²) in [6, 6.07) is 16.3. The van der Waals surface area contributed by atoms with Crippen LogP contribution in [0.5, 0.6) is 0 Å². The van der Waals surface area contributed by atoms with Gasteiger partial charge in [0.1, 0.15) is 5.58 Å². The van der Waals surface area contributed by atoms with Gasteiger partial charge in [0.15, 0.2) is 11.0 Å². The summed E-state index contributed by atoms with van der Waals surface area (Å²) in [5, 5.41) is 0.951. The summed E-state index contributed by atoms with van der Waals surface area (Å²) < 4.78 is 9.98. The largest absolute Gasteiger partial charge is 0.422 e. The number of hydrogen-bond acceptors (Lipinski definition) is 3. The lowest BCUT2D eigenvalue weighted by Gasteiger charge is -2.21. The molecule has 2 heterocycles. The van der Waals surface area contributed by atoms with Gasteiger partial charge in [0.2, 0.25) is 0 Å². The van der Waals surface area contributed by atoms with Crippen LogP contribution in [0.4, 0.5) is 5.69 Å². The number of fused-ring (bicyclic) bond motifs is 2. The number of nitrogens with zero attached hydrogens (tertiary/aromatic N) is 3. The molecule has 0 N–H and O–H groups in total. The molecule has 0 atom stereocenters. The van der Waals surface area contributed by atoms with Crippen molar-refractivity contribution in [3.05, 3.63) is 70.3 Å². The second-order valence-corrected chi connectivity index (χ2v) is 7.15. The molecule has 4 rings (SSSR count). The minimum Gasteiger partial charge on any atom is -0.422 e. The maximum absolute atomic E-state index is 12.7. The Morgan fingerprint density at radius 2 is 1.82 bits per heavy atom. The van der Waals surface area contributed by atoms with Gasteiger partial charge >= 0.3 is 5.63 Å². The standard InChI is InChI=1S/C23H26N3O2/c1-5-26(6-2)18-12-11-16-13-17(23(27)28-21(16)15-18)14-22-24(3)19-9-7-8-10-20(19)25(22)4/h7-13,15H,5-6,14H2,1-4H3/q+1. The van der Waals surface area contributed by atoms with E-state index in [1.54, 1.807) is 0 Å². The Kier molecular flexibility index (Phi) is 4.67. The number of para-hydroxylation sites is 2. The van der Waals surface area contributed by atoms with Crippen LogP contribution in [0.25, 0.3) is 22.0 Å². The van der Waals surface area contributed by atoms with Gasteiger partial charge in [-0.2, -0.15) is 0 Å². The molecule has 4 aromatic rings. The Balaban J connectivity index is 1.77. The summed E-state index contributed by atoms with van der Waals surface area (Å²) in [6.45, 7) is 6.08. The van der Waals surface area contributed by atoms with Crippen LogP contribution in [-0.4, -0.2) is 17.7 Å². The SMILES string of the molecule is CCN(CC)c1ccc2cc(Cc3n(C)c4ccccc4[n+]3C)c(=O)oc2c1. The maximum atomic E-state index is 12.7. The highest BCUT2D eigenvalue weighted by Crippen LogP contribution is 2.23. The van der Waals surface area contributed by atoms with E-state index in [1.165, 1.54) is 0 Å². The minimum atomic E-state index is -0.269. The Morgan fingerprint density at radius 3 is 2.54 bits per heavy atom. The first-order valence-corrected chi connectivity index (χ1v) is 9.77. The molecule has 0 saturated heterocycles. The number of rotatable bonds is 5. The lowest BCUT2D eigenvalue weighted by atomic mass is 10.1. The van der Waals surface area contributed by atoms with Crippen molar-refractivity contribution >= 4 is 27.7 Å². The van der Waals surface area contributed by atoms with Gasteiger partial charge in [0.25, 0.3) is 5.82 Å². The molecule has 0 fully saturated rings. The Bertz CT molecular complexity index is 1180. The Morgan fingerprint density at radius 1 is 1.07 bits per heavy atom. The van der Waals surface area contributed by atoms with Gasteiger partial charge in [-0.25, -0.2) is 13.9 Å². The first-order chi connectivity index (χ1) is 13.5. The van der Waals surface area contributed by atoms with Crippen LogP contribution in [-0.2, 0) is 20.5 Å². The van der Waals surface area contributed by atoms with Crippen LogP contribution in [0.15, 0.2) is 57.7 Å². The zero-order valence-corrected chi connectivity index (χ0v) is 16.9. The van der Waals surface area contributed by atoms with Crippen molar-refractivity contribution in [2.45, 2.75) is 20.3 Å². The van der Waals surface area contributed by atoms with E-state index in [9.17, 15) is 4.79 Å². The van der Waals surface area contributed by atoms with Gasteiger partial charge in [-0.1, -0.05) is 12.1 Å². The Labute approximate surface area is 164 Å². The number of aromatic nitrogens is 2. The quantitative estimate of drug-likeness (QED) is 0.395. The van der Waals surface area contributed by atoms with Crippen LogP contribution in [0.1, 0.15) is 25.2 Å². The molecule has 0 aliphatic heterocycles. The monoisotopic (exact) mass is 376 g/mol. The van der Waals surface area contributed by atoms with E-state index in [1.807, 2.05) is 44.4 Å². The fourth-order valence-corrected chi connectivity index (χ4v) is 3.99. The predicted molar refractivity (Wildman–Crippen MR) is 113 cm³/mol. The molecule has 28 heavy (non-hydrogen) atoms. The molecule has 5 nitrogen and oxygen atoms in total. The minimum absolute atomic E-state index is 0.269. The average Bonchev–Trinajstić information content (AvgIpc) is 2.94. The highest BCUT2D eigenvalue weighted by atomic mass is 16.4. The third kappa shape index (κ3) is 2.97. The molecule has 5 heteroatoms. The Hall–Kier alpha value is -3.08. The summed E-state index contributed by atoms with van der Waals surface area (Å²) in [7, 11) is 4.08. The summed E-state index contributed by atoms with van der Waals surface area (Å²) >= 11 is 0. The van der Waals surface area contributed by atoms with E-state index in [0.29, 0.717) is 17.6 Å². The van der Waals surface area contributed by atoms with Crippen LogP contribution in [0.3, 0.4) is 0 Å². The maximum Gasteiger partial charge on any atom is 0.340 e. The second kappa shape index (κ2) is 7.15. The number of aryl methyl sites for hydroxylation is 2. The molecule has 0 unspecified atom stereocenters. The van der Waals surface area contributed by atoms with Crippen molar-refractivity contribution in [1.29, 1.82) is 0 Å². The van der Waals surface area contributed by atoms with Gasteiger partial charge in [-0.15, -0.1) is 0 Å². The van der Waals surface area contributed by atoms with Gasteiger partial charge < -0.3 is 9.32 Å². The van der Waals surface area contributed by atoms with Crippen molar-refractivity contribution in [1.82, 2.24) is 4.57 Å². The predicted octanol–water partition coefficient (Wildman–Crippen LogP) is 3.55. The third-order valence-corrected chi connectivity index (χ3v) is 5.65. The molecule has 144 valence electrons. The lowest BCUT2D eigenvalue weighted by Crippen LogP contribution is -2.33. The van der Waals surface area contributed by atoms with Gasteiger partial charge in [0.05, 0.1) is 26.1 Å². The van der Waals surface area contributed by atoms with Gasteiger partial charge in [-0.05, 0) is 44.2 Å². The molecule has 0 spiro atoms. The molecular weight excluding hydrogens is 350 g/mol. The molecule has 0 aliphatic carbocycles. The van der Waals surface area contributed by atoms with E-state index < -0.39 is 0 Å². The van der Waals surface area contributed by atoms with E-state index in [0.717, 1.165) is 41.0 Å². The van der Waals surface area contributed by atoms with E-state index >= 15 is 0 Å². The topological polar surface area (TPSA) is 42.3 Å². The summed E-state index contributed by atoms with van der Waals surface area (Å²) in [4.78, 5) is 14.9. The first-order valence-electron chi connectivity index (χ1n) is 9.77. The second-order valence-electron chi connectivity index (χ2n) is 7.15. The van der Waals surface area contributed by atoms with Crippen molar-refractivity contribution in [3.63, 3.8) is 0 Å². The van der Waals surface area contributed by atoms with Crippen LogP contribution in [0.2, 0.25) is 0 Å². The fraction of sp³-hybridized carbons (Fsp3) is 0.304. The van der Waals surface area contributed by atoms with Crippen molar-refractivity contribution in [2.24, 2.45) is 14.1 Å². The van der Waals surface area contributed by atoms with Gasteiger partial charge in [0, 0.05) is 30.2 Å². The number of anilines is 1. The van der Waals surface area contributed by atoms with Gasteiger partial charge in [-0.3, -0.25) is 0 Å². The molecule has 0 radical (unpaired) electrons. The smallest absolute Gasteiger partial charge is 0.340 e. The molecule has 2 aromatic heterocycles. The lowest BCUT2D eigenvalue weighted by molar-refractivity contribution is -0.653. The normalized spacial score (nSPS) is 11.4. The third-order valence-electron chi connectivity index (χ3n) is 5.65. The van der Waals surface area contributed by atoms with Crippen LogP contribution in [0, 0.1) is 0 Å². The fourth-order valence-electron chi connectivity index (χ4n) is 3.99. The first kappa shape index (κ1) is 18.3. The molecular formula is C23H26N3O2+. The summed E-state index contributed by atoms with van der Waals surface area (Å²) in [6.07, 6.45) is 0.526. The molecule has 0 bridgehead atoms. The zero-order chi connectivity index (χ0) is 19.8. The highest BCUT2D eigenvalue weighted by Gasteiger charge is 2.21. The average molecular weight is 376 g/mol. The molecule has 0 aliphatic rings. The number of benzene rings is 2. The van der Waals surface area contributed by atoms with Crippen molar-refractivity contribution in [3.8, 4) is 0 Å². The summed E-state index contributed by atoms with van der Waals surface area (Å²) in [5.41, 5.74) is 4.41. The molecule has 2 aromatic carbocycles. The number of imidazole rings is 1.